The van der Waals surface area contributed by atoms with Crippen molar-refractivity contribution in [2.45, 2.75) is 6.54 Å². The standard InChI is InChI=1S/C22H26N4O5/c1-29-19-12-16(2-5-18(19)31-15-20(23)27)4-7-22(28)25-14-17-3-6-21(24-13-17)26-8-10-30-11-9-26/h2-7,12-13H,8-11,14-15H2,1H3,(H2,23,27)(H,25,28)/b7-4+. The van der Waals surface area contributed by atoms with Crippen LogP contribution in [0.1, 0.15) is 11.1 Å². The van der Waals surface area contributed by atoms with Gasteiger partial charge in [-0.15, -0.1) is 0 Å². The minimum Gasteiger partial charge on any atom is -0.493 e. The zero-order valence-electron chi connectivity index (χ0n) is 17.4. The molecule has 31 heavy (non-hydrogen) atoms. The molecule has 1 aromatic carbocycles. The lowest BCUT2D eigenvalue weighted by Gasteiger charge is -2.27. The van der Waals surface area contributed by atoms with Crippen LogP contribution in [0.5, 0.6) is 11.5 Å². The number of ether oxygens (including phenoxy) is 3. The van der Waals surface area contributed by atoms with Gasteiger partial charge in [0.1, 0.15) is 5.82 Å². The molecule has 0 saturated carbocycles. The normalized spacial score (nSPS) is 13.8. The van der Waals surface area contributed by atoms with Crippen LogP contribution in [-0.4, -0.2) is 56.8 Å². The number of nitrogens with zero attached hydrogens (tertiary/aromatic N) is 2. The molecule has 0 atom stereocenters. The summed E-state index contributed by atoms with van der Waals surface area (Å²) in [5.41, 5.74) is 6.74. The zero-order chi connectivity index (χ0) is 22.1. The summed E-state index contributed by atoms with van der Waals surface area (Å²) >= 11 is 0. The van der Waals surface area contributed by atoms with Gasteiger partial charge in [0.05, 0.1) is 20.3 Å². The number of morpholine rings is 1. The van der Waals surface area contributed by atoms with Crippen LogP contribution in [-0.2, 0) is 20.9 Å². The first kappa shape index (κ1) is 22.1. The number of pyridine rings is 1. The quantitative estimate of drug-likeness (QED) is 0.577. The third-order valence-corrected chi connectivity index (χ3v) is 4.60. The molecule has 0 spiro atoms. The van der Waals surface area contributed by atoms with E-state index in [1.165, 1.54) is 13.2 Å². The van der Waals surface area contributed by atoms with E-state index in [4.69, 9.17) is 19.9 Å². The molecule has 1 aliphatic heterocycles. The number of methoxy groups -OCH3 is 1. The van der Waals surface area contributed by atoms with Gasteiger partial charge < -0.3 is 30.2 Å². The Hall–Kier alpha value is -3.59. The third kappa shape index (κ3) is 6.71. The Morgan fingerprint density at radius 1 is 1.23 bits per heavy atom. The van der Waals surface area contributed by atoms with E-state index in [0.717, 1.165) is 30.0 Å². The molecule has 2 heterocycles. The summed E-state index contributed by atoms with van der Waals surface area (Å²) < 4.78 is 15.9. The van der Waals surface area contributed by atoms with E-state index in [1.54, 1.807) is 30.5 Å². The molecule has 2 amide bonds. The largest absolute Gasteiger partial charge is 0.493 e. The van der Waals surface area contributed by atoms with Crippen LogP contribution in [0.4, 0.5) is 5.82 Å². The summed E-state index contributed by atoms with van der Waals surface area (Å²) in [7, 11) is 1.49. The van der Waals surface area contributed by atoms with Crippen LogP contribution in [0.25, 0.3) is 6.08 Å². The number of carbonyl (C=O) groups is 2. The Labute approximate surface area is 180 Å². The molecule has 0 unspecified atom stereocenters. The Morgan fingerprint density at radius 2 is 2.03 bits per heavy atom. The molecule has 3 N–H and O–H groups in total. The van der Waals surface area contributed by atoms with Crippen LogP contribution in [0.15, 0.2) is 42.6 Å². The minimum absolute atomic E-state index is 0.231. The van der Waals surface area contributed by atoms with Crippen molar-refractivity contribution in [3.05, 3.63) is 53.7 Å². The van der Waals surface area contributed by atoms with E-state index in [-0.39, 0.29) is 12.5 Å². The van der Waals surface area contributed by atoms with E-state index in [1.807, 2.05) is 12.1 Å². The maximum Gasteiger partial charge on any atom is 0.255 e. The number of rotatable bonds is 9. The molecule has 1 aromatic heterocycles. The van der Waals surface area contributed by atoms with E-state index in [9.17, 15) is 9.59 Å². The average molecular weight is 426 g/mol. The Balaban J connectivity index is 1.51. The van der Waals surface area contributed by atoms with Crippen molar-refractivity contribution in [3.63, 3.8) is 0 Å². The topological polar surface area (TPSA) is 116 Å². The summed E-state index contributed by atoms with van der Waals surface area (Å²) in [6, 6.07) is 9.01. The van der Waals surface area contributed by atoms with Crippen LogP contribution >= 0.6 is 0 Å². The van der Waals surface area contributed by atoms with E-state index in [2.05, 4.69) is 15.2 Å². The Morgan fingerprint density at radius 3 is 2.71 bits per heavy atom. The molecule has 0 aliphatic carbocycles. The second-order valence-electron chi connectivity index (χ2n) is 6.84. The first-order valence-corrected chi connectivity index (χ1v) is 9.88. The van der Waals surface area contributed by atoms with Crippen molar-refractivity contribution in [1.29, 1.82) is 0 Å². The summed E-state index contributed by atoms with van der Waals surface area (Å²) in [4.78, 5) is 29.7. The van der Waals surface area contributed by atoms with Crippen molar-refractivity contribution in [1.82, 2.24) is 10.3 Å². The van der Waals surface area contributed by atoms with Crippen LogP contribution in [0, 0.1) is 0 Å². The van der Waals surface area contributed by atoms with Crippen molar-refractivity contribution in [3.8, 4) is 11.5 Å². The highest BCUT2D eigenvalue weighted by molar-refractivity contribution is 5.91. The van der Waals surface area contributed by atoms with Gasteiger partial charge in [-0.2, -0.15) is 0 Å². The first-order chi connectivity index (χ1) is 15.0. The number of hydrogen-bond donors (Lipinski definition) is 2. The molecule has 1 saturated heterocycles. The van der Waals surface area contributed by atoms with Crippen LogP contribution in [0.2, 0.25) is 0 Å². The fourth-order valence-electron chi connectivity index (χ4n) is 2.98. The van der Waals surface area contributed by atoms with E-state index >= 15 is 0 Å². The maximum absolute atomic E-state index is 12.2. The zero-order valence-corrected chi connectivity index (χ0v) is 17.4. The highest BCUT2D eigenvalue weighted by Gasteiger charge is 2.12. The summed E-state index contributed by atoms with van der Waals surface area (Å²) in [5.74, 6) is 0.945. The Kier molecular flexibility index (Phi) is 7.83. The van der Waals surface area contributed by atoms with Gasteiger partial charge in [0.15, 0.2) is 18.1 Å². The lowest BCUT2D eigenvalue weighted by atomic mass is 10.2. The van der Waals surface area contributed by atoms with Crippen molar-refractivity contribution in [2.24, 2.45) is 5.73 Å². The highest BCUT2D eigenvalue weighted by Crippen LogP contribution is 2.28. The van der Waals surface area contributed by atoms with E-state index in [0.29, 0.717) is 31.3 Å². The first-order valence-electron chi connectivity index (χ1n) is 9.88. The van der Waals surface area contributed by atoms with E-state index < -0.39 is 5.91 Å². The molecule has 3 rings (SSSR count). The summed E-state index contributed by atoms with van der Waals surface area (Å²) in [6.07, 6.45) is 4.87. The molecule has 2 aromatic rings. The predicted molar refractivity (Wildman–Crippen MR) is 116 cm³/mol. The second kappa shape index (κ2) is 11.0. The number of aromatic nitrogens is 1. The summed E-state index contributed by atoms with van der Waals surface area (Å²) in [6.45, 7) is 3.22. The number of anilines is 1. The fourth-order valence-corrected chi connectivity index (χ4v) is 2.98. The SMILES string of the molecule is COc1cc(/C=C/C(=O)NCc2ccc(N3CCOCC3)nc2)ccc1OCC(N)=O. The molecule has 164 valence electrons. The molecular weight excluding hydrogens is 400 g/mol. The smallest absolute Gasteiger partial charge is 0.255 e. The number of carbonyl (C=O) groups excluding carboxylic acids is 2. The molecule has 9 nitrogen and oxygen atoms in total. The number of nitrogens with one attached hydrogen (secondary N) is 1. The lowest BCUT2D eigenvalue weighted by molar-refractivity contribution is -0.120. The van der Waals surface area contributed by atoms with Crippen molar-refractivity contribution < 1.29 is 23.8 Å². The lowest BCUT2D eigenvalue weighted by Crippen LogP contribution is -2.36. The van der Waals surface area contributed by atoms with Gasteiger partial charge in [0, 0.05) is 31.9 Å². The van der Waals surface area contributed by atoms with Gasteiger partial charge in [0.25, 0.3) is 5.91 Å². The Bertz CT molecular complexity index is 924. The van der Waals surface area contributed by atoms with Gasteiger partial charge in [-0.25, -0.2) is 4.98 Å². The number of primary amides is 1. The monoisotopic (exact) mass is 426 g/mol. The average Bonchev–Trinajstić information content (AvgIpc) is 2.81. The number of nitrogens with two attached hydrogens (primary N) is 1. The fraction of sp³-hybridized carbons (Fsp3) is 0.318. The molecule has 9 heteroatoms. The molecular formula is C22H26N4O5. The second-order valence-corrected chi connectivity index (χ2v) is 6.84. The van der Waals surface area contributed by atoms with Gasteiger partial charge in [-0.05, 0) is 35.4 Å². The molecule has 0 radical (unpaired) electrons. The van der Waals surface area contributed by atoms with Crippen molar-refractivity contribution in [2.75, 3.05) is 44.9 Å². The van der Waals surface area contributed by atoms with Gasteiger partial charge in [0.2, 0.25) is 5.91 Å². The number of benzene rings is 1. The highest BCUT2D eigenvalue weighted by atomic mass is 16.5. The molecule has 0 bridgehead atoms. The molecule has 1 aliphatic rings. The van der Waals surface area contributed by atoms with Crippen LogP contribution in [0.3, 0.4) is 0 Å². The number of amides is 2. The predicted octanol–water partition coefficient (Wildman–Crippen LogP) is 1.12. The third-order valence-electron chi connectivity index (χ3n) is 4.60. The molecule has 1 fully saturated rings. The van der Waals surface area contributed by atoms with Gasteiger partial charge in [-0.3, -0.25) is 9.59 Å². The van der Waals surface area contributed by atoms with Gasteiger partial charge in [-0.1, -0.05) is 12.1 Å². The minimum atomic E-state index is -0.575. The van der Waals surface area contributed by atoms with Gasteiger partial charge >= 0.3 is 0 Å². The maximum atomic E-state index is 12.2. The number of hydrogen-bond acceptors (Lipinski definition) is 7. The van der Waals surface area contributed by atoms with Crippen molar-refractivity contribution >= 4 is 23.7 Å². The van der Waals surface area contributed by atoms with Crippen LogP contribution < -0.4 is 25.4 Å². The summed E-state index contributed by atoms with van der Waals surface area (Å²) in [5, 5.41) is 2.83.